The molecule has 1 aliphatic rings. The number of halogens is 1. The highest BCUT2D eigenvalue weighted by Crippen LogP contribution is 2.26. The number of anilines is 1. The maximum absolute atomic E-state index is 4.46. The molecular weight excluding hydrogens is 290 g/mol. The summed E-state index contributed by atoms with van der Waals surface area (Å²) in [4.78, 5) is 11.7. The molecule has 2 heterocycles. The summed E-state index contributed by atoms with van der Waals surface area (Å²) < 4.78 is 0. The van der Waals surface area contributed by atoms with Crippen molar-refractivity contribution in [3.05, 3.63) is 18.1 Å². The van der Waals surface area contributed by atoms with E-state index in [4.69, 9.17) is 0 Å². The maximum atomic E-state index is 4.46. The quantitative estimate of drug-likeness (QED) is 0.797. The number of aryl methyl sites for hydroxylation is 1. The Morgan fingerprint density at radius 1 is 1.39 bits per heavy atom. The molecule has 0 radical (unpaired) electrons. The van der Waals surface area contributed by atoms with E-state index < -0.39 is 0 Å². The maximum Gasteiger partial charge on any atom is 0.132 e. The second-order valence-corrected chi connectivity index (χ2v) is 6.79. The third-order valence-electron chi connectivity index (χ3n) is 3.56. The third-order valence-corrected chi connectivity index (χ3v) is 3.93. The number of nitrogens with zero attached hydrogens (tertiary/aromatic N) is 3. The highest BCUT2D eigenvalue weighted by Gasteiger charge is 2.23. The Morgan fingerprint density at radius 2 is 2.22 bits per heavy atom. The summed E-state index contributed by atoms with van der Waals surface area (Å²) in [5.74, 6) is 1.10. The van der Waals surface area contributed by atoms with Gasteiger partial charge in [0.25, 0.3) is 0 Å². The van der Waals surface area contributed by atoms with Crippen LogP contribution in [0.2, 0.25) is 0 Å². The lowest BCUT2D eigenvalue weighted by atomic mass is 10.1. The number of alkyl halides is 1. The molecule has 18 heavy (non-hydrogen) atoms. The van der Waals surface area contributed by atoms with E-state index in [0.717, 1.165) is 18.1 Å². The SMILES string of the molecule is Cc1cc(N2CCCCCC2CC(C)Br)ncn1. The van der Waals surface area contributed by atoms with E-state index in [2.05, 4.69) is 43.8 Å². The summed E-state index contributed by atoms with van der Waals surface area (Å²) in [6.07, 6.45) is 8.10. The van der Waals surface area contributed by atoms with Gasteiger partial charge in [0.2, 0.25) is 0 Å². The monoisotopic (exact) mass is 311 g/mol. The van der Waals surface area contributed by atoms with E-state index in [9.17, 15) is 0 Å². The van der Waals surface area contributed by atoms with E-state index >= 15 is 0 Å². The molecular formula is C14H22BrN3. The average molecular weight is 312 g/mol. The summed E-state index contributed by atoms with van der Waals surface area (Å²) in [6, 6.07) is 2.72. The Hall–Kier alpha value is -0.640. The Labute approximate surface area is 118 Å². The predicted molar refractivity (Wildman–Crippen MR) is 79.4 cm³/mol. The van der Waals surface area contributed by atoms with E-state index in [0.29, 0.717) is 10.9 Å². The van der Waals surface area contributed by atoms with Crippen molar-refractivity contribution in [1.29, 1.82) is 0 Å². The molecule has 0 aromatic carbocycles. The Morgan fingerprint density at radius 3 is 2.94 bits per heavy atom. The van der Waals surface area contributed by atoms with Crippen molar-refractivity contribution >= 4 is 21.7 Å². The molecule has 1 aromatic heterocycles. The van der Waals surface area contributed by atoms with Gasteiger partial charge in [-0.2, -0.15) is 0 Å². The second-order valence-electron chi connectivity index (χ2n) is 5.23. The van der Waals surface area contributed by atoms with E-state index in [1.165, 1.54) is 32.1 Å². The molecule has 100 valence electrons. The van der Waals surface area contributed by atoms with Crippen LogP contribution in [0.25, 0.3) is 0 Å². The van der Waals surface area contributed by atoms with Crippen LogP contribution in [0.1, 0.15) is 44.7 Å². The van der Waals surface area contributed by atoms with Crippen LogP contribution in [-0.2, 0) is 0 Å². The summed E-state index contributed by atoms with van der Waals surface area (Å²) in [5, 5.41) is 0. The van der Waals surface area contributed by atoms with Crippen molar-refractivity contribution in [2.45, 2.75) is 56.8 Å². The molecule has 0 bridgehead atoms. The molecule has 3 nitrogen and oxygen atoms in total. The Balaban J connectivity index is 2.19. The van der Waals surface area contributed by atoms with Crippen LogP contribution in [0.5, 0.6) is 0 Å². The minimum Gasteiger partial charge on any atom is -0.353 e. The fraction of sp³-hybridized carbons (Fsp3) is 0.714. The zero-order valence-corrected chi connectivity index (χ0v) is 12.9. The molecule has 4 heteroatoms. The van der Waals surface area contributed by atoms with Crippen LogP contribution in [0.4, 0.5) is 5.82 Å². The number of hydrogen-bond donors (Lipinski definition) is 0. The Bertz CT molecular complexity index is 381. The molecule has 2 rings (SSSR count). The normalized spacial score (nSPS) is 22.6. The molecule has 0 amide bonds. The van der Waals surface area contributed by atoms with Crippen LogP contribution in [0.15, 0.2) is 12.4 Å². The molecule has 0 spiro atoms. The first kappa shape index (κ1) is 13.8. The number of aromatic nitrogens is 2. The van der Waals surface area contributed by atoms with Gasteiger partial charge in [-0.25, -0.2) is 9.97 Å². The fourth-order valence-electron chi connectivity index (χ4n) is 2.70. The summed E-state index contributed by atoms with van der Waals surface area (Å²) in [6.45, 7) is 5.39. The van der Waals surface area contributed by atoms with E-state index in [-0.39, 0.29) is 0 Å². The molecule has 1 fully saturated rings. The first-order valence-electron chi connectivity index (χ1n) is 6.86. The van der Waals surface area contributed by atoms with E-state index in [1.54, 1.807) is 6.33 Å². The van der Waals surface area contributed by atoms with Crippen LogP contribution < -0.4 is 4.90 Å². The van der Waals surface area contributed by atoms with Crippen molar-refractivity contribution < 1.29 is 0 Å². The standard InChI is InChI=1S/C14H22BrN3/c1-11(15)8-13-6-4-3-5-7-18(13)14-9-12(2)16-10-17-14/h9-11,13H,3-8H2,1-2H3. The van der Waals surface area contributed by atoms with Gasteiger partial charge in [0, 0.05) is 29.2 Å². The van der Waals surface area contributed by atoms with Gasteiger partial charge in [-0.05, 0) is 26.2 Å². The zero-order valence-electron chi connectivity index (χ0n) is 11.3. The highest BCUT2D eigenvalue weighted by molar-refractivity contribution is 9.09. The van der Waals surface area contributed by atoms with Crippen molar-refractivity contribution in [2.75, 3.05) is 11.4 Å². The van der Waals surface area contributed by atoms with Crippen LogP contribution in [0, 0.1) is 6.92 Å². The van der Waals surface area contributed by atoms with Crippen LogP contribution in [0.3, 0.4) is 0 Å². The lowest BCUT2D eigenvalue weighted by Crippen LogP contribution is -2.37. The fourth-order valence-corrected chi connectivity index (χ4v) is 3.13. The molecule has 2 unspecified atom stereocenters. The largest absolute Gasteiger partial charge is 0.353 e. The molecule has 1 saturated heterocycles. The lowest BCUT2D eigenvalue weighted by Gasteiger charge is -2.32. The van der Waals surface area contributed by atoms with Gasteiger partial charge in [0.1, 0.15) is 12.1 Å². The van der Waals surface area contributed by atoms with Crippen molar-refractivity contribution in [3.8, 4) is 0 Å². The van der Waals surface area contributed by atoms with Gasteiger partial charge in [0.15, 0.2) is 0 Å². The first-order valence-corrected chi connectivity index (χ1v) is 7.77. The third kappa shape index (κ3) is 3.67. The molecule has 1 aliphatic heterocycles. The smallest absolute Gasteiger partial charge is 0.132 e. The second kappa shape index (κ2) is 6.50. The molecule has 0 N–H and O–H groups in total. The predicted octanol–water partition coefficient (Wildman–Crippen LogP) is 3.71. The number of rotatable bonds is 3. The van der Waals surface area contributed by atoms with Gasteiger partial charge >= 0.3 is 0 Å². The molecule has 0 saturated carbocycles. The van der Waals surface area contributed by atoms with Crippen LogP contribution in [-0.4, -0.2) is 27.4 Å². The lowest BCUT2D eigenvalue weighted by molar-refractivity contribution is 0.531. The first-order chi connectivity index (χ1) is 8.66. The Kier molecular flexibility index (Phi) is 4.98. The molecule has 2 atom stereocenters. The van der Waals surface area contributed by atoms with Crippen molar-refractivity contribution in [3.63, 3.8) is 0 Å². The molecule has 1 aromatic rings. The van der Waals surface area contributed by atoms with Gasteiger partial charge in [0.05, 0.1) is 0 Å². The highest BCUT2D eigenvalue weighted by atomic mass is 79.9. The van der Waals surface area contributed by atoms with Crippen molar-refractivity contribution in [2.24, 2.45) is 0 Å². The average Bonchev–Trinajstić information content (AvgIpc) is 2.54. The topological polar surface area (TPSA) is 29.0 Å². The van der Waals surface area contributed by atoms with Crippen LogP contribution >= 0.6 is 15.9 Å². The zero-order chi connectivity index (χ0) is 13.0. The minimum atomic E-state index is 0.561. The van der Waals surface area contributed by atoms with Gasteiger partial charge < -0.3 is 4.90 Å². The van der Waals surface area contributed by atoms with Gasteiger partial charge in [-0.3, -0.25) is 0 Å². The summed E-state index contributed by atoms with van der Waals surface area (Å²) in [7, 11) is 0. The summed E-state index contributed by atoms with van der Waals surface area (Å²) in [5.41, 5.74) is 1.05. The van der Waals surface area contributed by atoms with E-state index in [1.807, 2.05) is 6.92 Å². The summed E-state index contributed by atoms with van der Waals surface area (Å²) >= 11 is 3.69. The van der Waals surface area contributed by atoms with Gasteiger partial charge in [-0.1, -0.05) is 35.7 Å². The number of hydrogen-bond acceptors (Lipinski definition) is 3. The van der Waals surface area contributed by atoms with Crippen molar-refractivity contribution in [1.82, 2.24) is 9.97 Å². The minimum absolute atomic E-state index is 0.561. The van der Waals surface area contributed by atoms with Gasteiger partial charge in [-0.15, -0.1) is 0 Å². The molecule has 0 aliphatic carbocycles.